The highest BCUT2D eigenvalue weighted by Crippen LogP contribution is 2.18. The van der Waals surface area contributed by atoms with Crippen molar-refractivity contribution in [3.63, 3.8) is 0 Å². The van der Waals surface area contributed by atoms with E-state index in [1.807, 2.05) is 60.7 Å². The molecule has 4 rings (SSSR count). The van der Waals surface area contributed by atoms with E-state index < -0.39 is 0 Å². The second-order valence-corrected chi connectivity index (χ2v) is 6.17. The van der Waals surface area contributed by atoms with E-state index in [4.69, 9.17) is 0 Å². The molecule has 0 aliphatic rings. The van der Waals surface area contributed by atoms with Crippen molar-refractivity contribution < 1.29 is 4.79 Å². The fourth-order valence-electron chi connectivity index (χ4n) is 2.99. The molecule has 1 heterocycles. The van der Waals surface area contributed by atoms with Gasteiger partial charge >= 0.3 is 0 Å². The lowest BCUT2D eigenvalue weighted by molar-refractivity contribution is 0.102. The van der Waals surface area contributed by atoms with Crippen LogP contribution in [0.15, 0.2) is 89.7 Å². The van der Waals surface area contributed by atoms with Crippen LogP contribution in [0.4, 0.5) is 5.69 Å². The van der Waals surface area contributed by atoms with Crippen LogP contribution >= 0.6 is 0 Å². The fraction of sp³-hybridized carbons (Fsp3) is 0.0455. The molecule has 0 saturated heterocycles. The molecule has 1 aromatic heterocycles. The SMILES string of the molecule is O=C(Nc1ccccc1)c1ccc(=O)n(Cc2cccc3ccccc23)n1. The van der Waals surface area contributed by atoms with Crippen LogP contribution in [0.25, 0.3) is 10.8 Å². The Balaban J connectivity index is 1.64. The van der Waals surface area contributed by atoms with Crippen LogP contribution in [-0.4, -0.2) is 15.7 Å². The van der Waals surface area contributed by atoms with E-state index in [0.717, 1.165) is 16.3 Å². The predicted octanol–water partition coefficient (Wildman–Crippen LogP) is 3.70. The normalized spacial score (nSPS) is 10.7. The quantitative estimate of drug-likeness (QED) is 0.607. The zero-order valence-corrected chi connectivity index (χ0v) is 14.5. The van der Waals surface area contributed by atoms with Gasteiger partial charge in [-0.2, -0.15) is 5.10 Å². The number of nitrogens with one attached hydrogen (secondary N) is 1. The molecule has 5 heteroatoms. The smallest absolute Gasteiger partial charge is 0.276 e. The largest absolute Gasteiger partial charge is 0.321 e. The molecular weight excluding hydrogens is 338 g/mol. The van der Waals surface area contributed by atoms with Crippen LogP contribution in [0.1, 0.15) is 16.1 Å². The molecule has 0 saturated carbocycles. The summed E-state index contributed by atoms with van der Waals surface area (Å²) in [7, 11) is 0. The number of rotatable bonds is 4. The van der Waals surface area contributed by atoms with E-state index >= 15 is 0 Å². The van der Waals surface area contributed by atoms with Crippen molar-refractivity contribution in [1.82, 2.24) is 9.78 Å². The third kappa shape index (κ3) is 3.62. The minimum absolute atomic E-state index is 0.193. The molecule has 0 radical (unpaired) electrons. The number of anilines is 1. The number of carbonyl (C=O) groups is 1. The van der Waals surface area contributed by atoms with Crippen molar-refractivity contribution in [2.24, 2.45) is 0 Å². The van der Waals surface area contributed by atoms with Crippen LogP contribution in [0, 0.1) is 0 Å². The molecule has 1 amide bonds. The van der Waals surface area contributed by atoms with E-state index in [2.05, 4.69) is 10.4 Å². The van der Waals surface area contributed by atoms with Gasteiger partial charge in [0, 0.05) is 11.8 Å². The number of aromatic nitrogens is 2. The molecule has 4 aromatic rings. The monoisotopic (exact) mass is 355 g/mol. The molecular formula is C22H17N3O2. The van der Waals surface area contributed by atoms with Gasteiger partial charge in [-0.3, -0.25) is 9.59 Å². The van der Waals surface area contributed by atoms with Crippen molar-refractivity contribution in [2.45, 2.75) is 6.54 Å². The number of hydrogen-bond donors (Lipinski definition) is 1. The van der Waals surface area contributed by atoms with Crippen LogP contribution in [-0.2, 0) is 6.54 Å². The van der Waals surface area contributed by atoms with E-state index in [9.17, 15) is 9.59 Å². The third-order valence-corrected chi connectivity index (χ3v) is 4.33. The van der Waals surface area contributed by atoms with E-state index in [1.54, 1.807) is 12.1 Å². The van der Waals surface area contributed by atoms with Crippen molar-refractivity contribution in [2.75, 3.05) is 5.32 Å². The topological polar surface area (TPSA) is 64.0 Å². The molecule has 0 atom stereocenters. The molecule has 0 aliphatic carbocycles. The summed E-state index contributed by atoms with van der Waals surface area (Å²) in [5.41, 5.74) is 1.59. The Bertz CT molecular complexity index is 1160. The third-order valence-electron chi connectivity index (χ3n) is 4.33. The molecule has 0 unspecified atom stereocenters. The summed E-state index contributed by atoms with van der Waals surface area (Å²) in [5.74, 6) is -0.354. The number of amides is 1. The molecule has 0 bridgehead atoms. The molecule has 5 nitrogen and oxygen atoms in total. The Morgan fingerprint density at radius 2 is 1.59 bits per heavy atom. The van der Waals surface area contributed by atoms with E-state index in [1.165, 1.54) is 16.8 Å². The van der Waals surface area contributed by atoms with Crippen molar-refractivity contribution in [1.29, 1.82) is 0 Å². The van der Waals surface area contributed by atoms with E-state index in [0.29, 0.717) is 12.2 Å². The first-order valence-corrected chi connectivity index (χ1v) is 8.62. The first-order chi connectivity index (χ1) is 13.2. The van der Waals surface area contributed by atoms with Crippen LogP contribution in [0.5, 0.6) is 0 Å². The predicted molar refractivity (Wildman–Crippen MR) is 106 cm³/mol. The summed E-state index contributed by atoms with van der Waals surface area (Å²) < 4.78 is 1.32. The lowest BCUT2D eigenvalue weighted by atomic mass is 10.0. The molecule has 27 heavy (non-hydrogen) atoms. The molecule has 132 valence electrons. The van der Waals surface area contributed by atoms with Gasteiger partial charge in [-0.05, 0) is 34.5 Å². The maximum Gasteiger partial charge on any atom is 0.276 e. The summed E-state index contributed by atoms with van der Waals surface area (Å²) in [6.45, 7) is 0.298. The van der Waals surface area contributed by atoms with Gasteiger partial charge in [0.1, 0.15) is 5.69 Å². The van der Waals surface area contributed by atoms with Gasteiger partial charge in [0.05, 0.1) is 6.54 Å². The number of fused-ring (bicyclic) bond motifs is 1. The van der Waals surface area contributed by atoms with Crippen LogP contribution in [0.2, 0.25) is 0 Å². The van der Waals surface area contributed by atoms with Gasteiger partial charge in [-0.1, -0.05) is 60.7 Å². The summed E-state index contributed by atoms with van der Waals surface area (Å²) in [6, 6.07) is 25.9. The average molecular weight is 355 g/mol. The standard InChI is InChI=1S/C22H17N3O2/c26-21-14-13-20(22(27)23-18-10-2-1-3-11-18)24-25(21)15-17-9-6-8-16-7-4-5-12-19(16)17/h1-14H,15H2,(H,23,27). The minimum Gasteiger partial charge on any atom is -0.321 e. The molecule has 0 aliphatic heterocycles. The van der Waals surface area contributed by atoms with Gasteiger partial charge in [0.2, 0.25) is 0 Å². The highest BCUT2D eigenvalue weighted by atomic mass is 16.2. The van der Waals surface area contributed by atoms with Gasteiger partial charge < -0.3 is 5.32 Å². The van der Waals surface area contributed by atoms with Gasteiger partial charge in [-0.15, -0.1) is 0 Å². The lowest BCUT2D eigenvalue weighted by Crippen LogP contribution is -2.26. The van der Waals surface area contributed by atoms with Gasteiger partial charge in [-0.25, -0.2) is 4.68 Å². The Kier molecular flexibility index (Phi) is 4.49. The van der Waals surface area contributed by atoms with Crippen molar-refractivity contribution in [3.8, 4) is 0 Å². The summed E-state index contributed by atoms with van der Waals surface area (Å²) in [6.07, 6.45) is 0. The number of benzene rings is 3. The van der Waals surface area contributed by atoms with Crippen LogP contribution in [0.3, 0.4) is 0 Å². The molecule has 0 spiro atoms. The van der Waals surface area contributed by atoms with Gasteiger partial charge in [0.25, 0.3) is 11.5 Å². The zero-order chi connectivity index (χ0) is 18.6. The van der Waals surface area contributed by atoms with Crippen LogP contribution < -0.4 is 10.9 Å². The number of hydrogen-bond acceptors (Lipinski definition) is 3. The number of carbonyl (C=O) groups excluding carboxylic acids is 1. The molecule has 3 aromatic carbocycles. The number of nitrogens with zero attached hydrogens (tertiary/aromatic N) is 2. The summed E-state index contributed by atoms with van der Waals surface area (Å²) >= 11 is 0. The number of para-hydroxylation sites is 1. The first-order valence-electron chi connectivity index (χ1n) is 8.62. The molecule has 0 fully saturated rings. The Morgan fingerprint density at radius 1 is 0.852 bits per heavy atom. The van der Waals surface area contributed by atoms with E-state index in [-0.39, 0.29) is 17.2 Å². The minimum atomic E-state index is -0.354. The summed E-state index contributed by atoms with van der Waals surface area (Å²) in [5, 5.41) is 9.21. The van der Waals surface area contributed by atoms with Crippen molar-refractivity contribution in [3.05, 3.63) is 107 Å². The summed E-state index contributed by atoms with van der Waals surface area (Å²) in [4.78, 5) is 24.7. The fourth-order valence-corrected chi connectivity index (χ4v) is 2.99. The Hall–Kier alpha value is -3.73. The lowest BCUT2D eigenvalue weighted by Gasteiger charge is -2.10. The maximum absolute atomic E-state index is 12.5. The second kappa shape index (κ2) is 7.25. The average Bonchev–Trinajstić information content (AvgIpc) is 2.70. The zero-order valence-electron chi connectivity index (χ0n) is 14.5. The first kappa shape index (κ1) is 16.7. The Labute approximate surface area is 155 Å². The highest BCUT2D eigenvalue weighted by molar-refractivity contribution is 6.02. The maximum atomic E-state index is 12.5. The van der Waals surface area contributed by atoms with Crippen molar-refractivity contribution >= 4 is 22.4 Å². The highest BCUT2D eigenvalue weighted by Gasteiger charge is 2.11. The van der Waals surface area contributed by atoms with Gasteiger partial charge in [0.15, 0.2) is 0 Å². The second-order valence-electron chi connectivity index (χ2n) is 6.17. The molecule has 1 N–H and O–H groups in total. The Morgan fingerprint density at radius 3 is 2.44 bits per heavy atom.